The summed E-state index contributed by atoms with van der Waals surface area (Å²) in [5, 5.41) is 13.3. The number of rotatable bonds is 4. The van der Waals surface area contributed by atoms with Crippen LogP contribution in [0.4, 0.5) is 4.79 Å². The van der Waals surface area contributed by atoms with E-state index in [0.29, 0.717) is 5.56 Å². The minimum atomic E-state index is -1.28. The van der Waals surface area contributed by atoms with E-state index in [0.717, 1.165) is 15.7 Å². The second-order valence-electron chi connectivity index (χ2n) is 6.27. The van der Waals surface area contributed by atoms with Crippen molar-refractivity contribution in [1.82, 2.24) is 10.2 Å². The van der Waals surface area contributed by atoms with Gasteiger partial charge in [-0.3, -0.25) is 14.5 Å². The lowest BCUT2D eigenvalue weighted by Crippen LogP contribution is -2.41. The third-order valence-electron chi connectivity index (χ3n) is 4.38. The Labute approximate surface area is 150 Å². The summed E-state index contributed by atoms with van der Waals surface area (Å²) in [6.45, 7) is 2.46. The summed E-state index contributed by atoms with van der Waals surface area (Å²) in [7, 11) is 0. The van der Waals surface area contributed by atoms with E-state index in [4.69, 9.17) is 10.00 Å². The fraction of sp³-hybridized carbons (Fsp3) is 0.263. The summed E-state index contributed by atoms with van der Waals surface area (Å²) in [5.74, 6) is -1.36. The van der Waals surface area contributed by atoms with E-state index in [2.05, 4.69) is 5.32 Å². The van der Waals surface area contributed by atoms with Crippen LogP contribution in [0.15, 0.2) is 42.5 Å². The summed E-state index contributed by atoms with van der Waals surface area (Å²) in [4.78, 5) is 37.7. The molecule has 0 saturated carbocycles. The molecule has 132 valence electrons. The number of urea groups is 1. The topological polar surface area (TPSA) is 99.5 Å². The average Bonchev–Trinajstić information content (AvgIpc) is 2.85. The van der Waals surface area contributed by atoms with Crippen LogP contribution in [0.2, 0.25) is 0 Å². The molecule has 1 aliphatic heterocycles. The maximum Gasteiger partial charge on any atom is 0.327 e. The molecule has 2 aromatic rings. The smallest absolute Gasteiger partial charge is 0.327 e. The van der Waals surface area contributed by atoms with E-state index in [9.17, 15) is 14.4 Å². The van der Waals surface area contributed by atoms with E-state index in [-0.39, 0.29) is 0 Å². The summed E-state index contributed by atoms with van der Waals surface area (Å²) in [5.41, 5.74) is -0.654. The van der Waals surface area contributed by atoms with Crippen molar-refractivity contribution in [2.75, 3.05) is 6.54 Å². The van der Waals surface area contributed by atoms with Crippen LogP contribution in [0.1, 0.15) is 19.4 Å². The van der Waals surface area contributed by atoms with E-state index in [1.807, 2.05) is 36.4 Å². The van der Waals surface area contributed by atoms with Gasteiger partial charge in [0, 0.05) is 0 Å². The van der Waals surface area contributed by atoms with Crippen LogP contribution in [0.3, 0.4) is 0 Å². The molecular formula is C19H17N3O4. The molecule has 0 aromatic heterocycles. The van der Waals surface area contributed by atoms with Gasteiger partial charge in [0.15, 0.2) is 6.10 Å². The Bertz CT molecular complexity index is 949. The van der Waals surface area contributed by atoms with Crippen LogP contribution in [0.25, 0.3) is 10.8 Å². The lowest BCUT2D eigenvalue weighted by Gasteiger charge is -2.22. The van der Waals surface area contributed by atoms with E-state index in [1.165, 1.54) is 6.92 Å². The number of amides is 3. The van der Waals surface area contributed by atoms with Gasteiger partial charge in [0.05, 0.1) is 0 Å². The van der Waals surface area contributed by atoms with Gasteiger partial charge in [0.1, 0.15) is 18.2 Å². The van der Waals surface area contributed by atoms with Crippen LogP contribution >= 0.6 is 0 Å². The SMILES string of the molecule is C[C@@H](C#N)OC(=O)CN1C(=O)N[C@@](C)(c2ccc3ccccc3c2)C1=O. The number of ether oxygens (including phenoxy) is 1. The molecule has 0 bridgehead atoms. The molecule has 0 unspecified atom stereocenters. The summed E-state index contributed by atoms with van der Waals surface area (Å²) in [6, 6.07) is 14.3. The van der Waals surface area contributed by atoms with Crippen molar-refractivity contribution >= 4 is 28.7 Å². The summed E-state index contributed by atoms with van der Waals surface area (Å²) >= 11 is 0. The maximum atomic E-state index is 12.8. The average molecular weight is 351 g/mol. The predicted octanol–water partition coefficient (Wildman–Crippen LogP) is 2.06. The fourth-order valence-corrected chi connectivity index (χ4v) is 2.93. The second-order valence-corrected chi connectivity index (χ2v) is 6.27. The van der Waals surface area contributed by atoms with E-state index < -0.39 is 36.1 Å². The molecule has 1 aliphatic rings. The Hall–Kier alpha value is -3.40. The van der Waals surface area contributed by atoms with Gasteiger partial charge < -0.3 is 10.1 Å². The van der Waals surface area contributed by atoms with Crippen LogP contribution in [0.5, 0.6) is 0 Å². The quantitative estimate of drug-likeness (QED) is 0.671. The molecule has 1 fully saturated rings. The number of fused-ring (bicyclic) bond motifs is 1. The van der Waals surface area contributed by atoms with Gasteiger partial charge in [0.25, 0.3) is 5.91 Å². The fourth-order valence-electron chi connectivity index (χ4n) is 2.93. The summed E-state index contributed by atoms with van der Waals surface area (Å²) in [6.07, 6.45) is -0.949. The van der Waals surface area contributed by atoms with Crippen molar-refractivity contribution in [3.8, 4) is 6.07 Å². The van der Waals surface area contributed by atoms with Gasteiger partial charge in [-0.2, -0.15) is 5.26 Å². The number of carbonyl (C=O) groups is 3. The highest BCUT2D eigenvalue weighted by Gasteiger charge is 2.49. The first-order valence-corrected chi connectivity index (χ1v) is 8.07. The van der Waals surface area contributed by atoms with Crippen LogP contribution < -0.4 is 5.32 Å². The van der Waals surface area contributed by atoms with Crippen molar-refractivity contribution in [3.63, 3.8) is 0 Å². The number of nitrogens with zero attached hydrogens (tertiary/aromatic N) is 2. The van der Waals surface area contributed by atoms with Crippen molar-refractivity contribution in [2.45, 2.75) is 25.5 Å². The zero-order valence-corrected chi connectivity index (χ0v) is 14.4. The van der Waals surface area contributed by atoms with Gasteiger partial charge in [-0.05, 0) is 36.2 Å². The van der Waals surface area contributed by atoms with Crippen molar-refractivity contribution in [3.05, 3.63) is 48.0 Å². The lowest BCUT2D eigenvalue weighted by atomic mass is 9.90. The minimum Gasteiger partial charge on any atom is -0.446 e. The molecule has 0 spiro atoms. The van der Waals surface area contributed by atoms with E-state index in [1.54, 1.807) is 19.1 Å². The van der Waals surface area contributed by atoms with E-state index >= 15 is 0 Å². The van der Waals surface area contributed by atoms with Crippen LogP contribution in [-0.2, 0) is 19.9 Å². The number of imide groups is 1. The molecule has 0 radical (unpaired) electrons. The Morgan fingerprint density at radius 2 is 1.96 bits per heavy atom. The highest BCUT2D eigenvalue weighted by Crippen LogP contribution is 2.30. The van der Waals surface area contributed by atoms with Gasteiger partial charge in [-0.1, -0.05) is 36.4 Å². The molecule has 26 heavy (non-hydrogen) atoms. The first kappa shape index (κ1) is 17.4. The number of nitrogens with one attached hydrogen (secondary N) is 1. The molecule has 0 aliphatic carbocycles. The second kappa shape index (κ2) is 6.48. The van der Waals surface area contributed by atoms with Gasteiger partial charge >= 0.3 is 12.0 Å². The number of carbonyl (C=O) groups excluding carboxylic acids is 3. The normalized spacial score (nSPS) is 20.6. The number of hydrogen-bond donors (Lipinski definition) is 1. The number of esters is 1. The molecule has 1 heterocycles. The number of benzene rings is 2. The molecule has 1 saturated heterocycles. The van der Waals surface area contributed by atoms with Crippen LogP contribution in [-0.4, -0.2) is 35.5 Å². The highest BCUT2D eigenvalue weighted by atomic mass is 16.5. The monoisotopic (exact) mass is 351 g/mol. The van der Waals surface area contributed by atoms with Gasteiger partial charge in [0.2, 0.25) is 0 Å². The number of hydrogen-bond acceptors (Lipinski definition) is 5. The molecule has 3 rings (SSSR count). The third kappa shape index (κ3) is 2.97. The molecular weight excluding hydrogens is 334 g/mol. The number of nitriles is 1. The third-order valence-corrected chi connectivity index (χ3v) is 4.38. The summed E-state index contributed by atoms with van der Waals surface area (Å²) < 4.78 is 4.82. The minimum absolute atomic E-state index is 0.542. The Morgan fingerprint density at radius 1 is 1.27 bits per heavy atom. The van der Waals surface area contributed by atoms with Crippen LogP contribution in [0, 0.1) is 11.3 Å². The van der Waals surface area contributed by atoms with Gasteiger partial charge in [-0.15, -0.1) is 0 Å². The molecule has 2 aromatic carbocycles. The van der Waals surface area contributed by atoms with Crippen molar-refractivity contribution < 1.29 is 19.1 Å². The Kier molecular flexibility index (Phi) is 4.34. The molecule has 7 heteroatoms. The largest absolute Gasteiger partial charge is 0.446 e. The Morgan fingerprint density at radius 3 is 2.65 bits per heavy atom. The maximum absolute atomic E-state index is 12.8. The zero-order valence-electron chi connectivity index (χ0n) is 14.4. The first-order valence-electron chi connectivity index (χ1n) is 8.07. The van der Waals surface area contributed by atoms with Crippen molar-refractivity contribution in [2.24, 2.45) is 0 Å². The highest BCUT2D eigenvalue weighted by molar-refractivity contribution is 6.09. The predicted molar refractivity (Wildman–Crippen MR) is 92.7 cm³/mol. The van der Waals surface area contributed by atoms with Gasteiger partial charge in [-0.25, -0.2) is 4.79 Å². The first-order chi connectivity index (χ1) is 12.3. The molecule has 7 nitrogen and oxygen atoms in total. The standard InChI is InChI=1S/C19H17N3O4/c1-12(10-20)26-16(23)11-22-17(24)19(2,21-18(22)25)15-8-7-13-5-3-4-6-14(13)9-15/h3-9,12H,11H2,1-2H3,(H,21,25)/t12-,19-/m0/s1. The molecule has 2 atom stereocenters. The Balaban J connectivity index is 1.86. The van der Waals surface area contributed by atoms with Crippen molar-refractivity contribution in [1.29, 1.82) is 5.26 Å². The zero-order chi connectivity index (χ0) is 18.9. The molecule has 3 amide bonds. The molecule has 1 N–H and O–H groups in total. The lowest BCUT2D eigenvalue weighted by molar-refractivity contribution is -0.149.